The summed E-state index contributed by atoms with van der Waals surface area (Å²) in [6.07, 6.45) is 17.3. The van der Waals surface area contributed by atoms with Gasteiger partial charge in [0.15, 0.2) is 0 Å². The van der Waals surface area contributed by atoms with E-state index in [0.29, 0.717) is 5.54 Å². The van der Waals surface area contributed by atoms with Gasteiger partial charge in [0, 0.05) is 18.1 Å². The zero-order valence-corrected chi connectivity index (χ0v) is 14.3. The molecule has 1 nitrogen and oxygen atoms in total. The fraction of sp³-hybridized carbons (Fsp3) is 1.00. The molecule has 0 amide bonds. The van der Waals surface area contributed by atoms with Crippen molar-refractivity contribution in [3.63, 3.8) is 0 Å². The van der Waals surface area contributed by atoms with E-state index in [-0.39, 0.29) is 0 Å². The van der Waals surface area contributed by atoms with E-state index in [1.165, 1.54) is 83.6 Å². The van der Waals surface area contributed by atoms with Crippen molar-refractivity contribution in [1.82, 2.24) is 4.90 Å². The maximum Gasteiger partial charge on any atom is 0.0184 e. The molecule has 0 aromatic rings. The summed E-state index contributed by atoms with van der Waals surface area (Å²) in [4.78, 5) is 2.94. The van der Waals surface area contributed by atoms with Gasteiger partial charge < -0.3 is 0 Å². The molecule has 2 fully saturated rings. The molecule has 1 aliphatic carbocycles. The van der Waals surface area contributed by atoms with Gasteiger partial charge in [-0.05, 0) is 44.9 Å². The smallest absolute Gasteiger partial charge is 0.0184 e. The van der Waals surface area contributed by atoms with E-state index in [4.69, 9.17) is 0 Å². The van der Waals surface area contributed by atoms with E-state index in [1.54, 1.807) is 0 Å². The number of nitrogens with zero attached hydrogens (tertiary/aromatic N) is 1. The summed E-state index contributed by atoms with van der Waals surface area (Å²) in [5, 5.41) is 0. The average Bonchev–Trinajstić information content (AvgIpc) is 3.08. The zero-order valence-electron chi connectivity index (χ0n) is 14.3. The molecular weight excluding hydrogens is 242 g/mol. The number of piperidine rings is 1. The Morgan fingerprint density at radius 1 is 0.900 bits per heavy atom. The van der Waals surface area contributed by atoms with Gasteiger partial charge in [-0.1, -0.05) is 58.8 Å². The van der Waals surface area contributed by atoms with Crippen LogP contribution < -0.4 is 0 Å². The lowest BCUT2D eigenvalue weighted by Crippen LogP contribution is -2.50. The van der Waals surface area contributed by atoms with Crippen molar-refractivity contribution < 1.29 is 0 Å². The van der Waals surface area contributed by atoms with E-state index in [0.717, 1.165) is 12.0 Å². The molecule has 2 aliphatic rings. The molecule has 0 N–H and O–H groups in total. The molecule has 1 saturated carbocycles. The Labute approximate surface area is 127 Å². The number of unbranched alkanes of at least 4 members (excludes halogenated alkanes) is 5. The maximum absolute atomic E-state index is 2.94. The summed E-state index contributed by atoms with van der Waals surface area (Å²) in [5.41, 5.74) is 0.516. The second kappa shape index (κ2) is 7.82. The minimum atomic E-state index is 0.516. The topological polar surface area (TPSA) is 3.24 Å². The highest BCUT2D eigenvalue weighted by atomic mass is 15.3. The third-order valence-corrected chi connectivity index (χ3v) is 5.99. The van der Waals surface area contributed by atoms with Gasteiger partial charge in [0.25, 0.3) is 0 Å². The Balaban J connectivity index is 1.84. The van der Waals surface area contributed by atoms with Gasteiger partial charge in [0.1, 0.15) is 0 Å². The molecule has 1 saturated heterocycles. The highest BCUT2D eigenvalue weighted by Crippen LogP contribution is 2.44. The summed E-state index contributed by atoms with van der Waals surface area (Å²) in [6, 6.07) is 0.942. The first-order valence-electron chi connectivity index (χ1n) is 9.46. The SMILES string of the molecule is CCCCCCCC(C)(CCCC)N1CC2CCC1C2. The fourth-order valence-electron chi connectivity index (χ4n) is 4.67. The zero-order chi connectivity index (χ0) is 14.4. The Hall–Kier alpha value is -0.0400. The van der Waals surface area contributed by atoms with Gasteiger partial charge in [0.2, 0.25) is 0 Å². The number of hydrogen-bond acceptors (Lipinski definition) is 1. The van der Waals surface area contributed by atoms with Crippen LogP contribution in [0.5, 0.6) is 0 Å². The molecule has 1 heterocycles. The predicted octanol–water partition coefficient (Wildman–Crippen LogP) is 5.78. The van der Waals surface area contributed by atoms with Crippen LogP contribution in [0.4, 0.5) is 0 Å². The van der Waals surface area contributed by atoms with Gasteiger partial charge in [0.05, 0.1) is 0 Å². The van der Waals surface area contributed by atoms with Gasteiger partial charge in [-0.2, -0.15) is 0 Å². The van der Waals surface area contributed by atoms with Gasteiger partial charge in [-0.25, -0.2) is 0 Å². The van der Waals surface area contributed by atoms with Gasteiger partial charge >= 0.3 is 0 Å². The minimum absolute atomic E-state index is 0.516. The minimum Gasteiger partial charge on any atom is -0.295 e. The Morgan fingerprint density at radius 3 is 2.20 bits per heavy atom. The lowest BCUT2D eigenvalue weighted by molar-refractivity contribution is 0.0497. The highest BCUT2D eigenvalue weighted by molar-refractivity contribution is 5.00. The summed E-state index contributed by atoms with van der Waals surface area (Å²) in [6.45, 7) is 8.66. The normalized spacial score (nSPS) is 28.9. The second-order valence-corrected chi connectivity index (χ2v) is 7.75. The van der Waals surface area contributed by atoms with Crippen molar-refractivity contribution in [1.29, 1.82) is 0 Å². The monoisotopic (exact) mass is 279 g/mol. The van der Waals surface area contributed by atoms with Gasteiger partial charge in [-0.15, -0.1) is 0 Å². The van der Waals surface area contributed by atoms with Crippen LogP contribution in [0, 0.1) is 5.92 Å². The molecule has 0 radical (unpaired) electrons. The second-order valence-electron chi connectivity index (χ2n) is 7.75. The summed E-state index contributed by atoms with van der Waals surface area (Å²) < 4.78 is 0. The number of rotatable bonds is 10. The van der Waals surface area contributed by atoms with E-state index in [1.807, 2.05) is 0 Å². The molecule has 2 rings (SSSR count). The molecular formula is C19H37N. The highest BCUT2D eigenvalue weighted by Gasteiger charge is 2.45. The van der Waals surface area contributed by atoms with Crippen molar-refractivity contribution in [3.05, 3.63) is 0 Å². The van der Waals surface area contributed by atoms with E-state index >= 15 is 0 Å². The first-order valence-corrected chi connectivity index (χ1v) is 9.46. The van der Waals surface area contributed by atoms with Crippen LogP contribution in [0.3, 0.4) is 0 Å². The van der Waals surface area contributed by atoms with Crippen LogP contribution in [0.25, 0.3) is 0 Å². The average molecular weight is 280 g/mol. The first kappa shape index (κ1) is 16.3. The summed E-state index contributed by atoms with van der Waals surface area (Å²) in [7, 11) is 0. The Kier molecular flexibility index (Phi) is 6.39. The molecule has 0 aromatic heterocycles. The molecule has 118 valence electrons. The number of likely N-dealkylation sites (tertiary alicyclic amines) is 1. The predicted molar refractivity (Wildman–Crippen MR) is 89.1 cm³/mol. The van der Waals surface area contributed by atoms with E-state index in [2.05, 4.69) is 25.7 Å². The third kappa shape index (κ3) is 4.00. The van der Waals surface area contributed by atoms with Crippen molar-refractivity contribution in [2.24, 2.45) is 5.92 Å². The quantitative estimate of drug-likeness (QED) is 0.458. The first-order chi connectivity index (χ1) is 9.69. The largest absolute Gasteiger partial charge is 0.295 e. The van der Waals surface area contributed by atoms with E-state index < -0.39 is 0 Å². The molecule has 3 atom stereocenters. The fourth-order valence-corrected chi connectivity index (χ4v) is 4.67. The Bertz CT molecular complexity index is 275. The van der Waals surface area contributed by atoms with Crippen molar-refractivity contribution >= 4 is 0 Å². The molecule has 1 aliphatic heterocycles. The number of hydrogen-bond donors (Lipinski definition) is 0. The molecule has 0 aromatic carbocycles. The molecule has 20 heavy (non-hydrogen) atoms. The standard InChI is InChI=1S/C19H37N/c1-4-6-8-9-10-14-19(3,13-7-5-2)20-16-17-11-12-18(20)15-17/h17-18H,4-16H2,1-3H3. The molecule has 0 spiro atoms. The third-order valence-electron chi connectivity index (χ3n) is 5.99. The Morgan fingerprint density at radius 2 is 1.60 bits per heavy atom. The molecule has 2 bridgehead atoms. The van der Waals surface area contributed by atoms with Crippen LogP contribution in [-0.2, 0) is 0 Å². The molecule has 1 heteroatoms. The number of fused-ring (bicyclic) bond motifs is 2. The lowest BCUT2D eigenvalue weighted by Gasteiger charge is -2.44. The summed E-state index contributed by atoms with van der Waals surface area (Å²) in [5.74, 6) is 1.04. The summed E-state index contributed by atoms with van der Waals surface area (Å²) >= 11 is 0. The maximum atomic E-state index is 2.94. The van der Waals surface area contributed by atoms with E-state index in [9.17, 15) is 0 Å². The van der Waals surface area contributed by atoms with Crippen molar-refractivity contribution in [2.75, 3.05) is 6.54 Å². The lowest BCUT2D eigenvalue weighted by atomic mass is 9.85. The van der Waals surface area contributed by atoms with Crippen molar-refractivity contribution in [2.45, 2.75) is 109 Å². The van der Waals surface area contributed by atoms with Crippen LogP contribution in [0.2, 0.25) is 0 Å². The molecule has 3 unspecified atom stereocenters. The van der Waals surface area contributed by atoms with Gasteiger partial charge in [-0.3, -0.25) is 4.90 Å². The van der Waals surface area contributed by atoms with Crippen LogP contribution >= 0.6 is 0 Å². The van der Waals surface area contributed by atoms with Crippen LogP contribution in [0.15, 0.2) is 0 Å². The van der Waals surface area contributed by atoms with Crippen molar-refractivity contribution in [3.8, 4) is 0 Å². The van der Waals surface area contributed by atoms with Crippen LogP contribution in [-0.4, -0.2) is 23.0 Å². The van der Waals surface area contributed by atoms with Crippen LogP contribution in [0.1, 0.15) is 97.8 Å².